The minimum Gasteiger partial charge on any atom is -0.495 e. The zero-order chi connectivity index (χ0) is 19.6. The summed E-state index contributed by atoms with van der Waals surface area (Å²) in [5, 5.41) is 13.5. The molecule has 3 rings (SSSR count). The molecule has 0 atom stereocenters. The van der Waals surface area contributed by atoms with Gasteiger partial charge in [0.1, 0.15) is 16.5 Å². The number of carboxylic acid groups (broad SMARTS) is 1. The van der Waals surface area contributed by atoms with E-state index in [1.165, 1.54) is 7.11 Å². The minimum absolute atomic E-state index is 0.124. The summed E-state index contributed by atoms with van der Waals surface area (Å²) in [5.41, 5.74) is 1.84. The molecular formula is C19H13Cl2N3O3. The Morgan fingerprint density at radius 2 is 2.07 bits per heavy atom. The number of aromatic carboxylic acids is 1. The van der Waals surface area contributed by atoms with E-state index in [4.69, 9.17) is 34.5 Å². The van der Waals surface area contributed by atoms with Gasteiger partial charge >= 0.3 is 5.97 Å². The Bertz CT molecular complexity index is 1090. The monoisotopic (exact) mass is 401 g/mol. The fourth-order valence-electron chi connectivity index (χ4n) is 2.68. The number of hydrogen-bond donors (Lipinski definition) is 2. The van der Waals surface area contributed by atoms with Crippen LogP contribution in [0, 0.1) is 6.57 Å². The van der Waals surface area contributed by atoms with E-state index < -0.39 is 5.97 Å². The number of pyridine rings is 1. The number of ether oxygens (including phenoxy) is 1. The van der Waals surface area contributed by atoms with Crippen molar-refractivity contribution in [2.24, 2.45) is 0 Å². The van der Waals surface area contributed by atoms with Gasteiger partial charge in [0.05, 0.1) is 29.9 Å². The van der Waals surface area contributed by atoms with Crippen molar-refractivity contribution in [2.75, 3.05) is 12.4 Å². The molecule has 0 saturated carbocycles. The average Bonchev–Trinajstić information content (AvgIpc) is 2.65. The molecule has 0 amide bonds. The van der Waals surface area contributed by atoms with Gasteiger partial charge in [-0.15, -0.1) is 0 Å². The molecule has 0 saturated heterocycles. The molecule has 0 fully saturated rings. The summed E-state index contributed by atoms with van der Waals surface area (Å²) in [6.07, 6.45) is 0. The molecule has 1 heterocycles. The van der Waals surface area contributed by atoms with Crippen molar-refractivity contribution in [3.63, 3.8) is 0 Å². The maximum atomic E-state index is 11.7. The number of fused-ring (bicyclic) bond motifs is 1. The summed E-state index contributed by atoms with van der Waals surface area (Å²) in [5.74, 6) is -0.663. The molecule has 3 aromatic rings. The highest BCUT2D eigenvalue weighted by atomic mass is 35.5. The molecule has 0 aliphatic carbocycles. The van der Waals surface area contributed by atoms with Gasteiger partial charge in [-0.25, -0.2) is 14.6 Å². The van der Waals surface area contributed by atoms with Crippen molar-refractivity contribution in [1.82, 2.24) is 4.98 Å². The lowest BCUT2D eigenvalue weighted by molar-refractivity contribution is 0.0698. The standard InChI is InChI=1S/C19H13Cl2N3O3/c1-22-11-4-5-14-12(8-11)17(16(19(25)26)18(21)24-14)23-9-10-3-6-15(27-2)13(20)7-10/h3-8H,9H2,2H3,(H,23,24)(H,25,26). The first kappa shape index (κ1) is 18.8. The van der Waals surface area contributed by atoms with E-state index in [1.807, 2.05) is 6.07 Å². The summed E-state index contributed by atoms with van der Waals surface area (Å²) >= 11 is 12.2. The molecule has 2 N–H and O–H groups in total. The lowest BCUT2D eigenvalue weighted by atomic mass is 10.1. The van der Waals surface area contributed by atoms with E-state index in [1.54, 1.807) is 30.3 Å². The van der Waals surface area contributed by atoms with Crippen LogP contribution in [0.2, 0.25) is 10.2 Å². The first-order chi connectivity index (χ1) is 12.9. The zero-order valence-electron chi connectivity index (χ0n) is 14.1. The van der Waals surface area contributed by atoms with E-state index >= 15 is 0 Å². The molecule has 27 heavy (non-hydrogen) atoms. The number of nitrogens with one attached hydrogen (secondary N) is 1. The molecule has 0 aliphatic rings. The van der Waals surface area contributed by atoms with Crippen LogP contribution in [0.4, 0.5) is 11.4 Å². The Kier molecular flexibility index (Phi) is 5.36. The number of carboxylic acids is 1. The Morgan fingerprint density at radius 1 is 1.30 bits per heavy atom. The molecule has 2 aromatic carbocycles. The quantitative estimate of drug-likeness (QED) is 0.441. The fraction of sp³-hybridized carbons (Fsp3) is 0.105. The molecule has 0 radical (unpaired) electrons. The van der Waals surface area contributed by atoms with Gasteiger partial charge in [-0.3, -0.25) is 0 Å². The topological polar surface area (TPSA) is 75.8 Å². The normalized spacial score (nSPS) is 10.4. The number of nitrogens with zero attached hydrogens (tertiary/aromatic N) is 2. The largest absolute Gasteiger partial charge is 0.495 e. The molecule has 0 spiro atoms. The summed E-state index contributed by atoms with van der Waals surface area (Å²) in [6, 6.07) is 10.1. The molecule has 0 unspecified atom stereocenters. The van der Waals surface area contributed by atoms with Gasteiger partial charge < -0.3 is 15.2 Å². The van der Waals surface area contributed by atoms with E-state index in [-0.39, 0.29) is 10.7 Å². The first-order valence-corrected chi connectivity index (χ1v) is 8.50. The van der Waals surface area contributed by atoms with Gasteiger partial charge in [0, 0.05) is 11.9 Å². The van der Waals surface area contributed by atoms with Crippen LogP contribution in [0.3, 0.4) is 0 Å². The van der Waals surface area contributed by atoms with Gasteiger partial charge in [0.2, 0.25) is 0 Å². The van der Waals surface area contributed by atoms with Gasteiger partial charge in [0.15, 0.2) is 5.69 Å². The highest BCUT2D eigenvalue weighted by Gasteiger charge is 2.20. The maximum Gasteiger partial charge on any atom is 0.340 e. The Morgan fingerprint density at radius 3 is 2.70 bits per heavy atom. The van der Waals surface area contributed by atoms with Crippen molar-refractivity contribution in [3.05, 3.63) is 69.1 Å². The van der Waals surface area contributed by atoms with E-state index in [0.29, 0.717) is 39.6 Å². The van der Waals surface area contributed by atoms with Crippen molar-refractivity contribution in [3.8, 4) is 5.75 Å². The Labute approximate surface area is 165 Å². The second-order valence-electron chi connectivity index (χ2n) is 5.59. The molecule has 1 aromatic heterocycles. The second-order valence-corrected chi connectivity index (χ2v) is 6.36. The maximum absolute atomic E-state index is 11.7. The van der Waals surface area contributed by atoms with Gasteiger partial charge in [-0.1, -0.05) is 35.3 Å². The number of methoxy groups -OCH3 is 1. The third-order valence-corrected chi connectivity index (χ3v) is 4.52. The average molecular weight is 402 g/mol. The Hall–Kier alpha value is -3.01. The highest BCUT2D eigenvalue weighted by Crippen LogP contribution is 2.34. The van der Waals surface area contributed by atoms with Crippen LogP contribution in [0.25, 0.3) is 15.7 Å². The van der Waals surface area contributed by atoms with Crippen LogP contribution in [0.1, 0.15) is 15.9 Å². The van der Waals surface area contributed by atoms with Crippen LogP contribution >= 0.6 is 23.2 Å². The second kappa shape index (κ2) is 7.70. The fourth-order valence-corrected chi connectivity index (χ4v) is 3.23. The number of hydrogen-bond acceptors (Lipinski definition) is 4. The zero-order valence-corrected chi connectivity index (χ0v) is 15.6. The molecule has 0 bridgehead atoms. The van der Waals surface area contributed by atoms with Gasteiger partial charge in [-0.05, 0) is 29.8 Å². The van der Waals surface area contributed by atoms with Crippen LogP contribution in [-0.4, -0.2) is 23.2 Å². The minimum atomic E-state index is -1.21. The molecule has 136 valence electrons. The number of carbonyl (C=O) groups is 1. The van der Waals surface area contributed by atoms with Crippen molar-refractivity contribution in [1.29, 1.82) is 0 Å². The smallest absolute Gasteiger partial charge is 0.340 e. The SMILES string of the molecule is [C-]#[N+]c1ccc2nc(Cl)c(C(=O)O)c(NCc3ccc(OC)c(Cl)c3)c2c1. The summed E-state index contributed by atoms with van der Waals surface area (Å²) < 4.78 is 5.13. The van der Waals surface area contributed by atoms with Gasteiger partial charge in [-0.2, -0.15) is 0 Å². The summed E-state index contributed by atoms with van der Waals surface area (Å²) in [6.45, 7) is 7.48. The number of aromatic nitrogens is 1. The van der Waals surface area contributed by atoms with Crippen molar-refractivity contribution in [2.45, 2.75) is 6.54 Å². The number of benzene rings is 2. The lowest BCUT2D eigenvalue weighted by Gasteiger charge is -2.15. The van der Waals surface area contributed by atoms with E-state index in [0.717, 1.165) is 5.56 Å². The first-order valence-electron chi connectivity index (χ1n) is 7.75. The molecule has 0 aliphatic heterocycles. The van der Waals surface area contributed by atoms with Crippen molar-refractivity contribution < 1.29 is 14.6 Å². The predicted molar refractivity (Wildman–Crippen MR) is 105 cm³/mol. The van der Waals surface area contributed by atoms with E-state index in [9.17, 15) is 9.90 Å². The van der Waals surface area contributed by atoms with Crippen LogP contribution in [-0.2, 0) is 6.54 Å². The van der Waals surface area contributed by atoms with E-state index in [2.05, 4.69) is 15.1 Å². The van der Waals surface area contributed by atoms with Crippen LogP contribution < -0.4 is 10.1 Å². The van der Waals surface area contributed by atoms with Crippen LogP contribution in [0.15, 0.2) is 36.4 Å². The predicted octanol–water partition coefficient (Wildman–Crippen LogP) is 5.41. The summed E-state index contributed by atoms with van der Waals surface area (Å²) in [7, 11) is 1.53. The lowest BCUT2D eigenvalue weighted by Crippen LogP contribution is -2.09. The molecule has 6 nitrogen and oxygen atoms in total. The number of anilines is 1. The molecular weight excluding hydrogens is 389 g/mol. The summed E-state index contributed by atoms with van der Waals surface area (Å²) in [4.78, 5) is 19.2. The number of halogens is 2. The third kappa shape index (κ3) is 3.75. The third-order valence-electron chi connectivity index (χ3n) is 3.95. The number of rotatable bonds is 5. The highest BCUT2D eigenvalue weighted by molar-refractivity contribution is 6.34. The Balaban J connectivity index is 2.08. The van der Waals surface area contributed by atoms with Crippen molar-refractivity contribution >= 4 is 51.4 Å². The molecule has 8 heteroatoms. The van der Waals surface area contributed by atoms with Crippen LogP contribution in [0.5, 0.6) is 5.75 Å². The van der Waals surface area contributed by atoms with Gasteiger partial charge in [0.25, 0.3) is 0 Å².